The van der Waals surface area contributed by atoms with Gasteiger partial charge in [-0.05, 0) is 49.2 Å². The Morgan fingerprint density at radius 3 is 2.25 bits per heavy atom. The first-order valence-electron chi connectivity index (χ1n) is 8.48. The van der Waals surface area contributed by atoms with Gasteiger partial charge < -0.3 is 15.1 Å². The second-order valence-electron chi connectivity index (χ2n) is 6.17. The third-order valence-corrected chi connectivity index (χ3v) is 4.34. The number of benzene rings is 1. The van der Waals surface area contributed by atoms with E-state index < -0.39 is 0 Å². The Labute approximate surface area is 141 Å². The summed E-state index contributed by atoms with van der Waals surface area (Å²) in [7, 11) is 0. The molecular formula is C19H22N2O3. The molecule has 2 N–H and O–H groups in total. The minimum Gasteiger partial charge on any atom is -0.459 e. The van der Waals surface area contributed by atoms with E-state index in [4.69, 9.17) is 4.42 Å². The number of hydrogen-bond acceptors (Lipinski definition) is 3. The fourth-order valence-electron chi connectivity index (χ4n) is 3.00. The number of carbonyl (C=O) groups excluding carboxylic acids is 2. The molecule has 0 radical (unpaired) electrons. The zero-order valence-corrected chi connectivity index (χ0v) is 13.6. The van der Waals surface area contributed by atoms with E-state index in [-0.39, 0.29) is 23.6 Å². The lowest BCUT2D eigenvalue weighted by Gasteiger charge is -2.16. The molecule has 1 aliphatic carbocycles. The minimum absolute atomic E-state index is 0.0502. The van der Waals surface area contributed by atoms with Crippen LogP contribution in [-0.2, 0) is 0 Å². The van der Waals surface area contributed by atoms with Crippen LogP contribution in [0.1, 0.15) is 59.4 Å². The average Bonchev–Trinajstić information content (AvgIpc) is 3.02. The molecule has 0 atom stereocenters. The van der Waals surface area contributed by atoms with Crippen molar-refractivity contribution in [3.63, 3.8) is 0 Å². The summed E-state index contributed by atoms with van der Waals surface area (Å²) in [5.41, 5.74) is 1.23. The minimum atomic E-state index is -0.310. The van der Waals surface area contributed by atoms with Crippen LogP contribution in [0.25, 0.3) is 0 Å². The average molecular weight is 326 g/mol. The highest BCUT2D eigenvalue weighted by atomic mass is 16.3. The fourth-order valence-corrected chi connectivity index (χ4v) is 3.00. The predicted molar refractivity (Wildman–Crippen MR) is 92.1 cm³/mol. The summed E-state index contributed by atoms with van der Waals surface area (Å²) >= 11 is 0. The van der Waals surface area contributed by atoms with Crippen molar-refractivity contribution in [2.75, 3.05) is 5.32 Å². The highest BCUT2D eigenvalue weighted by Crippen LogP contribution is 2.18. The summed E-state index contributed by atoms with van der Waals surface area (Å²) in [5, 5.41) is 5.85. The topological polar surface area (TPSA) is 71.3 Å². The van der Waals surface area contributed by atoms with Gasteiger partial charge in [0.05, 0.1) is 6.26 Å². The van der Waals surface area contributed by atoms with E-state index in [1.807, 2.05) is 0 Å². The molecule has 5 nitrogen and oxygen atoms in total. The molecule has 1 heterocycles. The van der Waals surface area contributed by atoms with Crippen molar-refractivity contribution in [3.8, 4) is 0 Å². The van der Waals surface area contributed by atoms with Gasteiger partial charge in [0.25, 0.3) is 11.8 Å². The number of anilines is 1. The number of rotatable bonds is 4. The summed E-state index contributed by atoms with van der Waals surface area (Å²) < 4.78 is 5.05. The van der Waals surface area contributed by atoms with Crippen molar-refractivity contribution in [2.45, 2.75) is 44.6 Å². The van der Waals surface area contributed by atoms with Gasteiger partial charge in [-0.15, -0.1) is 0 Å². The van der Waals surface area contributed by atoms with E-state index in [0.29, 0.717) is 11.3 Å². The van der Waals surface area contributed by atoms with E-state index in [9.17, 15) is 9.59 Å². The Hall–Kier alpha value is -2.56. The first-order valence-corrected chi connectivity index (χ1v) is 8.48. The molecule has 0 aliphatic heterocycles. The Morgan fingerprint density at radius 2 is 1.62 bits per heavy atom. The first kappa shape index (κ1) is 16.3. The fraction of sp³-hybridized carbons (Fsp3) is 0.368. The largest absolute Gasteiger partial charge is 0.459 e. The number of carbonyl (C=O) groups is 2. The third kappa shape index (κ3) is 4.25. The molecule has 126 valence electrons. The van der Waals surface area contributed by atoms with Crippen molar-refractivity contribution in [1.29, 1.82) is 0 Å². The monoisotopic (exact) mass is 326 g/mol. The van der Waals surface area contributed by atoms with Crippen molar-refractivity contribution in [1.82, 2.24) is 5.32 Å². The van der Waals surface area contributed by atoms with Crippen LogP contribution in [0.2, 0.25) is 0 Å². The number of nitrogens with one attached hydrogen (secondary N) is 2. The maximum atomic E-state index is 12.3. The van der Waals surface area contributed by atoms with Gasteiger partial charge in [-0.2, -0.15) is 0 Å². The van der Waals surface area contributed by atoms with Crippen molar-refractivity contribution in [2.24, 2.45) is 0 Å². The summed E-state index contributed by atoms with van der Waals surface area (Å²) in [5.74, 6) is -0.105. The first-order chi connectivity index (χ1) is 11.7. The molecule has 0 spiro atoms. The van der Waals surface area contributed by atoms with Gasteiger partial charge in [-0.3, -0.25) is 9.59 Å². The van der Waals surface area contributed by atoms with Gasteiger partial charge in [0.1, 0.15) is 0 Å². The summed E-state index contributed by atoms with van der Waals surface area (Å²) in [4.78, 5) is 24.2. The maximum Gasteiger partial charge on any atom is 0.291 e. The van der Waals surface area contributed by atoms with Crippen LogP contribution in [0.15, 0.2) is 47.1 Å². The van der Waals surface area contributed by atoms with Crippen LogP contribution in [0, 0.1) is 0 Å². The van der Waals surface area contributed by atoms with Crippen molar-refractivity contribution in [3.05, 3.63) is 54.0 Å². The van der Waals surface area contributed by atoms with Crippen LogP contribution in [0.3, 0.4) is 0 Å². The van der Waals surface area contributed by atoms with Crippen LogP contribution in [-0.4, -0.2) is 17.9 Å². The highest BCUT2D eigenvalue weighted by Gasteiger charge is 2.16. The van der Waals surface area contributed by atoms with Gasteiger partial charge in [0, 0.05) is 17.3 Å². The molecule has 2 amide bonds. The maximum absolute atomic E-state index is 12.3. The summed E-state index contributed by atoms with van der Waals surface area (Å²) in [6.45, 7) is 0. The standard InChI is InChI=1S/C19H22N2O3/c22-18(20-15-6-3-1-2-4-7-15)14-9-11-16(12-10-14)21-19(23)17-8-5-13-24-17/h5,8-13,15H,1-4,6-7H2,(H,20,22)(H,21,23). The molecule has 24 heavy (non-hydrogen) atoms. The van der Waals surface area contributed by atoms with Crippen molar-refractivity contribution >= 4 is 17.5 Å². The van der Waals surface area contributed by atoms with Gasteiger partial charge in [0.2, 0.25) is 0 Å². The van der Waals surface area contributed by atoms with Crippen LogP contribution in [0.4, 0.5) is 5.69 Å². The molecule has 3 rings (SSSR count). The summed E-state index contributed by atoms with van der Waals surface area (Å²) in [6, 6.07) is 10.4. The lowest BCUT2D eigenvalue weighted by molar-refractivity contribution is 0.0932. The van der Waals surface area contributed by atoms with Gasteiger partial charge >= 0.3 is 0 Å². The van der Waals surface area contributed by atoms with Gasteiger partial charge in [-0.1, -0.05) is 25.7 Å². The normalized spacial score (nSPS) is 15.5. The molecule has 1 aromatic carbocycles. The molecule has 2 aromatic rings. The summed E-state index contributed by atoms with van der Waals surface area (Å²) in [6.07, 6.45) is 8.46. The predicted octanol–water partition coefficient (Wildman–Crippen LogP) is 3.98. The second kappa shape index (κ2) is 7.81. The molecule has 5 heteroatoms. The Balaban J connectivity index is 1.57. The molecule has 1 aliphatic rings. The molecule has 0 saturated heterocycles. The zero-order valence-electron chi connectivity index (χ0n) is 13.6. The number of furan rings is 1. The van der Waals surface area contributed by atoms with E-state index in [1.54, 1.807) is 36.4 Å². The molecule has 1 aromatic heterocycles. The van der Waals surface area contributed by atoms with E-state index >= 15 is 0 Å². The Morgan fingerprint density at radius 1 is 0.917 bits per heavy atom. The molecule has 0 unspecified atom stereocenters. The molecule has 1 fully saturated rings. The van der Waals surface area contributed by atoms with E-state index in [0.717, 1.165) is 12.8 Å². The highest BCUT2D eigenvalue weighted by molar-refractivity contribution is 6.02. The van der Waals surface area contributed by atoms with Gasteiger partial charge in [-0.25, -0.2) is 0 Å². The van der Waals surface area contributed by atoms with Crippen LogP contribution in [0.5, 0.6) is 0 Å². The second-order valence-corrected chi connectivity index (χ2v) is 6.17. The Bertz CT molecular complexity index is 669. The van der Waals surface area contributed by atoms with E-state index in [2.05, 4.69) is 10.6 Å². The SMILES string of the molecule is O=C(NC1CCCCCC1)c1ccc(NC(=O)c2ccco2)cc1. The third-order valence-electron chi connectivity index (χ3n) is 4.34. The van der Waals surface area contributed by atoms with Crippen LogP contribution < -0.4 is 10.6 Å². The van der Waals surface area contributed by atoms with Crippen LogP contribution >= 0.6 is 0 Å². The van der Waals surface area contributed by atoms with E-state index in [1.165, 1.54) is 31.9 Å². The molecule has 1 saturated carbocycles. The van der Waals surface area contributed by atoms with Gasteiger partial charge in [0.15, 0.2) is 5.76 Å². The number of hydrogen-bond donors (Lipinski definition) is 2. The zero-order chi connectivity index (χ0) is 16.8. The molecular weight excluding hydrogens is 304 g/mol. The lowest BCUT2D eigenvalue weighted by Crippen LogP contribution is -2.34. The Kier molecular flexibility index (Phi) is 5.31. The quantitative estimate of drug-likeness (QED) is 0.835. The number of amides is 2. The van der Waals surface area contributed by atoms with Crippen molar-refractivity contribution < 1.29 is 14.0 Å². The molecule has 0 bridgehead atoms. The smallest absolute Gasteiger partial charge is 0.291 e. The lowest BCUT2D eigenvalue weighted by atomic mass is 10.1.